The molecule has 1 spiro atoms. The molecule has 0 aromatic heterocycles. The van der Waals surface area contributed by atoms with Gasteiger partial charge in [0.05, 0.1) is 0 Å². The van der Waals surface area contributed by atoms with Crippen LogP contribution in [0.3, 0.4) is 0 Å². The zero-order valence-corrected chi connectivity index (χ0v) is 6.64. The zero-order chi connectivity index (χ0) is 7.19. The summed E-state index contributed by atoms with van der Waals surface area (Å²) in [6.45, 7) is 2.77. The third kappa shape index (κ3) is 0.800. The molecule has 1 nitrogen and oxygen atoms in total. The lowest BCUT2D eigenvalue weighted by molar-refractivity contribution is 0.248. The predicted molar refractivity (Wildman–Crippen MR) is 40.6 cm³/mol. The number of aliphatic hydroxyl groups excluding tert-OH is 1. The number of rotatable bonds is 1. The van der Waals surface area contributed by atoms with Gasteiger partial charge in [0.1, 0.15) is 0 Å². The molecule has 2 rings (SSSR count). The van der Waals surface area contributed by atoms with Crippen LogP contribution < -0.4 is 0 Å². The molecule has 2 aliphatic carbocycles. The van der Waals surface area contributed by atoms with Crippen LogP contribution in [-0.2, 0) is 0 Å². The molecule has 2 aliphatic rings. The van der Waals surface area contributed by atoms with Crippen molar-refractivity contribution in [3.63, 3.8) is 0 Å². The minimum Gasteiger partial charge on any atom is -0.396 e. The van der Waals surface area contributed by atoms with E-state index in [0.717, 1.165) is 5.92 Å². The van der Waals surface area contributed by atoms with Crippen molar-refractivity contribution in [1.29, 1.82) is 0 Å². The summed E-state index contributed by atoms with van der Waals surface area (Å²) >= 11 is 0. The highest BCUT2D eigenvalue weighted by Gasteiger charge is 2.55. The Bertz CT molecular complexity index is 144. The van der Waals surface area contributed by atoms with Crippen molar-refractivity contribution in [1.82, 2.24) is 0 Å². The Morgan fingerprint density at radius 1 is 1.50 bits per heavy atom. The van der Waals surface area contributed by atoms with Crippen molar-refractivity contribution in [2.24, 2.45) is 17.3 Å². The fourth-order valence-corrected chi connectivity index (χ4v) is 2.68. The van der Waals surface area contributed by atoms with Crippen LogP contribution >= 0.6 is 0 Å². The molecule has 0 amide bonds. The van der Waals surface area contributed by atoms with E-state index in [-0.39, 0.29) is 0 Å². The first kappa shape index (κ1) is 6.66. The standard InChI is InChI=1S/C9H16O/c1-7-2-3-9(4-7)5-8(9)6-10/h7-8,10H,2-6H2,1H3. The summed E-state index contributed by atoms with van der Waals surface area (Å²) in [7, 11) is 0. The summed E-state index contributed by atoms with van der Waals surface area (Å²) in [5.74, 6) is 1.61. The van der Waals surface area contributed by atoms with Crippen molar-refractivity contribution in [3.8, 4) is 0 Å². The molecule has 1 heteroatoms. The minimum absolute atomic E-state index is 0.437. The van der Waals surface area contributed by atoms with E-state index in [1.54, 1.807) is 0 Å². The second kappa shape index (κ2) is 1.97. The van der Waals surface area contributed by atoms with E-state index in [0.29, 0.717) is 17.9 Å². The van der Waals surface area contributed by atoms with Gasteiger partial charge in [-0.2, -0.15) is 0 Å². The van der Waals surface area contributed by atoms with Gasteiger partial charge in [-0.05, 0) is 36.5 Å². The quantitative estimate of drug-likeness (QED) is 0.589. The molecule has 0 aliphatic heterocycles. The van der Waals surface area contributed by atoms with Crippen LogP contribution in [0.2, 0.25) is 0 Å². The van der Waals surface area contributed by atoms with Crippen molar-refractivity contribution in [2.75, 3.05) is 6.61 Å². The highest BCUT2D eigenvalue weighted by atomic mass is 16.3. The van der Waals surface area contributed by atoms with Gasteiger partial charge < -0.3 is 5.11 Å². The van der Waals surface area contributed by atoms with Crippen molar-refractivity contribution in [2.45, 2.75) is 32.6 Å². The molecule has 0 aromatic rings. The summed E-state index contributed by atoms with van der Waals surface area (Å²) in [5, 5.41) is 8.92. The van der Waals surface area contributed by atoms with E-state index < -0.39 is 0 Å². The van der Waals surface area contributed by atoms with Gasteiger partial charge in [0.2, 0.25) is 0 Å². The van der Waals surface area contributed by atoms with E-state index >= 15 is 0 Å². The third-order valence-corrected chi connectivity index (χ3v) is 3.47. The maximum atomic E-state index is 8.92. The van der Waals surface area contributed by atoms with Crippen LogP contribution in [0.1, 0.15) is 32.6 Å². The van der Waals surface area contributed by atoms with Crippen LogP contribution in [0.5, 0.6) is 0 Å². The number of hydrogen-bond acceptors (Lipinski definition) is 1. The fourth-order valence-electron chi connectivity index (χ4n) is 2.68. The van der Waals surface area contributed by atoms with Crippen molar-refractivity contribution in [3.05, 3.63) is 0 Å². The molecule has 0 saturated heterocycles. The normalized spacial score (nSPS) is 52.2. The lowest BCUT2D eigenvalue weighted by Gasteiger charge is -2.05. The summed E-state index contributed by atoms with van der Waals surface area (Å²) in [4.78, 5) is 0. The molecule has 3 unspecified atom stereocenters. The molecule has 0 radical (unpaired) electrons. The van der Waals surface area contributed by atoms with Crippen molar-refractivity contribution < 1.29 is 5.11 Å². The molecule has 3 atom stereocenters. The highest BCUT2D eigenvalue weighted by Crippen LogP contribution is 2.63. The first-order valence-electron chi connectivity index (χ1n) is 4.38. The van der Waals surface area contributed by atoms with E-state index in [9.17, 15) is 0 Å². The smallest absolute Gasteiger partial charge is 0.0464 e. The van der Waals surface area contributed by atoms with Gasteiger partial charge >= 0.3 is 0 Å². The van der Waals surface area contributed by atoms with E-state index in [2.05, 4.69) is 6.92 Å². The minimum atomic E-state index is 0.437. The van der Waals surface area contributed by atoms with Crippen LogP contribution in [0.15, 0.2) is 0 Å². The van der Waals surface area contributed by atoms with Gasteiger partial charge in [0, 0.05) is 6.61 Å². The van der Waals surface area contributed by atoms with Gasteiger partial charge in [-0.25, -0.2) is 0 Å². The van der Waals surface area contributed by atoms with Gasteiger partial charge in [-0.3, -0.25) is 0 Å². The Kier molecular flexibility index (Phi) is 1.31. The maximum Gasteiger partial charge on any atom is 0.0464 e. The van der Waals surface area contributed by atoms with Gasteiger partial charge in [-0.15, -0.1) is 0 Å². The van der Waals surface area contributed by atoms with Crippen LogP contribution in [0, 0.1) is 17.3 Å². The average molecular weight is 140 g/mol. The predicted octanol–water partition coefficient (Wildman–Crippen LogP) is 1.81. The Balaban J connectivity index is 1.96. The molecule has 0 aromatic carbocycles. The third-order valence-electron chi connectivity index (χ3n) is 3.47. The Hall–Kier alpha value is -0.0400. The largest absolute Gasteiger partial charge is 0.396 e. The second-order valence-corrected chi connectivity index (χ2v) is 4.29. The number of hydrogen-bond donors (Lipinski definition) is 1. The SMILES string of the molecule is CC1CCC2(C1)CC2CO. The Morgan fingerprint density at radius 3 is 2.70 bits per heavy atom. The van der Waals surface area contributed by atoms with E-state index in [4.69, 9.17) is 5.11 Å². The molecule has 58 valence electrons. The van der Waals surface area contributed by atoms with Gasteiger partial charge in [0.25, 0.3) is 0 Å². The lowest BCUT2D eigenvalue weighted by atomic mass is 10.0. The second-order valence-electron chi connectivity index (χ2n) is 4.29. The summed E-state index contributed by atoms with van der Waals surface area (Å²) in [6.07, 6.45) is 5.49. The van der Waals surface area contributed by atoms with E-state index in [1.165, 1.54) is 25.7 Å². The highest BCUT2D eigenvalue weighted by molar-refractivity contribution is 5.05. The fraction of sp³-hybridized carbons (Fsp3) is 1.00. The van der Waals surface area contributed by atoms with Crippen LogP contribution in [0.25, 0.3) is 0 Å². The summed E-state index contributed by atoms with van der Waals surface area (Å²) < 4.78 is 0. The van der Waals surface area contributed by atoms with E-state index in [1.807, 2.05) is 0 Å². The first-order chi connectivity index (χ1) is 4.77. The maximum absolute atomic E-state index is 8.92. The molecule has 0 heterocycles. The van der Waals surface area contributed by atoms with Crippen LogP contribution in [-0.4, -0.2) is 11.7 Å². The molecular formula is C9H16O. The van der Waals surface area contributed by atoms with Crippen molar-refractivity contribution >= 4 is 0 Å². The summed E-state index contributed by atoms with van der Waals surface area (Å²) in [5.41, 5.74) is 0.633. The topological polar surface area (TPSA) is 20.2 Å². The molecule has 2 fully saturated rings. The monoisotopic (exact) mass is 140 g/mol. The molecule has 1 N–H and O–H groups in total. The molecule has 10 heavy (non-hydrogen) atoms. The molecular weight excluding hydrogens is 124 g/mol. The van der Waals surface area contributed by atoms with Gasteiger partial charge in [0.15, 0.2) is 0 Å². The Labute approximate surface area is 62.4 Å². The number of aliphatic hydroxyl groups is 1. The summed E-state index contributed by atoms with van der Waals surface area (Å²) in [6, 6.07) is 0. The average Bonchev–Trinajstić information content (AvgIpc) is 2.46. The zero-order valence-electron chi connectivity index (χ0n) is 6.64. The van der Waals surface area contributed by atoms with Gasteiger partial charge in [-0.1, -0.05) is 13.3 Å². The molecule has 0 bridgehead atoms. The Morgan fingerprint density at radius 2 is 2.30 bits per heavy atom. The lowest BCUT2D eigenvalue weighted by Crippen LogP contribution is -2.00. The first-order valence-corrected chi connectivity index (χ1v) is 4.38. The van der Waals surface area contributed by atoms with Crippen LogP contribution in [0.4, 0.5) is 0 Å². The molecule has 2 saturated carbocycles.